The van der Waals surface area contributed by atoms with Gasteiger partial charge in [0.1, 0.15) is 5.76 Å². The average molecular weight is 266 g/mol. The molecule has 6 heteroatoms. The van der Waals surface area contributed by atoms with Crippen LogP contribution in [0.1, 0.15) is 48.0 Å². The molecule has 0 radical (unpaired) electrons. The monoisotopic (exact) mass is 266 g/mol. The molecule has 1 aliphatic carbocycles. The van der Waals surface area contributed by atoms with E-state index in [1.807, 2.05) is 0 Å². The van der Waals surface area contributed by atoms with Crippen LogP contribution in [0.4, 0.5) is 0 Å². The molecule has 19 heavy (non-hydrogen) atoms. The van der Waals surface area contributed by atoms with Crippen molar-refractivity contribution in [2.24, 2.45) is 5.92 Å². The molecule has 104 valence electrons. The number of aromatic nitrogens is 1. The minimum atomic E-state index is -0.861. The molecule has 2 N–H and O–H groups in total. The standard InChI is InChI=1S/C13H18N2O4/c1-8(6-11(16)17)7-14-13(18)12-9-4-2-3-5-10(9)19-15-12/h8H,2-7H2,1H3,(H,14,18)(H,16,17). The summed E-state index contributed by atoms with van der Waals surface area (Å²) in [6.07, 6.45) is 3.82. The summed E-state index contributed by atoms with van der Waals surface area (Å²) in [5.41, 5.74) is 1.27. The molecule has 1 aromatic rings. The molecule has 1 aromatic heterocycles. The summed E-state index contributed by atoms with van der Waals surface area (Å²) < 4.78 is 5.17. The largest absolute Gasteiger partial charge is 0.481 e. The van der Waals surface area contributed by atoms with Crippen LogP contribution in [0.3, 0.4) is 0 Å². The molecule has 0 saturated heterocycles. The van der Waals surface area contributed by atoms with Crippen molar-refractivity contribution in [2.45, 2.75) is 39.0 Å². The molecule has 1 amide bonds. The molecule has 6 nitrogen and oxygen atoms in total. The maximum Gasteiger partial charge on any atom is 0.303 e. The van der Waals surface area contributed by atoms with Crippen molar-refractivity contribution in [1.82, 2.24) is 10.5 Å². The Morgan fingerprint density at radius 3 is 2.89 bits per heavy atom. The summed E-state index contributed by atoms with van der Waals surface area (Å²) in [6, 6.07) is 0. The minimum Gasteiger partial charge on any atom is -0.481 e. The SMILES string of the molecule is CC(CNC(=O)c1noc2c1CCCC2)CC(=O)O. The highest BCUT2D eigenvalue weighted by Gasteiger charge is 2.24. The fraction of sp³-hybridized carbons (Fsp3) is 0.615. The summed E-state index contributed by atoms with van der Waals surface area (Å²) in [6.45, 7) is 2.11. The van der Waals surface area contributed by atoms with Gasteiger partial charge >= 0.3 is 5.97 Å². The van der Waals surface area contributed by atoms with E-state index < -0.39 is 5.97 Å². The molecule has 1 atom stereocenters. The van der Waals surface area contributed by atoms with Gasteiger partial charge in [-0.15, -0.1) is 0 Å². The second-order valence-corrected chi connectivity index (χ2v) is 5.05. The fourth-order valence-electron chi connectivity index (χ4n) is 2.28. The van der Waals surface area contributed by atoms with Crippen LogP contribution < -0.4 is 5.32 Å². The number of carbonyl (C=O) groups is 2. The first-order chi connectivity index (χ1) is 9.08. The van der Waals surface area contributed by atoms with Gasteiger partial charge in [0.05, 0.1) is 0 Å². The smallest absolute Gasteiger partial charge is 0.303 e. The number of aliphatic carboxylic acids is 1. The number of nitrogens with zero attached hydrogens (tertiary/aromatic N) is 1. The Morgan fingerprint density at radius 2 is 2.16 bits per heavy atom. The van der Waals surface area contributed by atoms with Gasteiger partial charge in [0.15, 0.2) is 5.69 Å². The molecule has 1 aliphatic rings. The van der Waals surface area contributed by atoms with Crippen molar-refractivity contribution in [3.8, 4) is 0 Å². The molecule has 0 spiro atoms. The van der Waals surface area contributed by atoms with Crippen LogP contribution in [0.25, 0.3) is 0 Å². The zero-order valence-electron chi connectivity index (χ0n) is 10.9. The van der Waals surface area contributed by atoms with E-state index in [1.165, 1.54) is 0 Å². The number of nitrogens with one attached hydrogen (secondary N) is 1. The highest BCUT2D eigenvalue weighted by Crippen LogP contribution is 2.24. The number of carboxylic acid groups (broad SMARTS) is 1. The molecule has 0 aliphatic heterocycles. The average Bonchev–Trinajstić information content (AvgIpc) is 2.79. The van der Waals surface area contributed by atoms with Crippen molar-refractivity contribution < 1.29 is 19.2 Å². The Balaban J connectivity index is 1.93. The second-order valence-electron chi connectivity index (χ2n) is 5.05. The number of carbonyl (C=O) groups excluding carboxylic acids is 1. The molecule has 1 unspecified atom stereocenters. The normalized spacial score (nSPS) is 15.6. The lowest BCUT2D eigenvalue weighted by Crippen LogP contribution is -2.30. The summed E-state index contributed by atoms with van der Waals surface area (Å²) in [5, 5.41) is 15.2. The molecule has 0 aromatic carbocycles. The molecule has 0 fully saturated rings. The summed E-state index contributed by atoms with van der Waals surface area (Å²) in [4.78, 5) is 22.5. The van der Waals surface area contributed by atoms with E-state index in [0.717, 1.165) is 37.0 Å². The number of amides is 1. The molecule has 2 rings (SSSR count). The van der Waals surface area contributed by atoms with Gasteiger partial charge in [-0.25, -0.2) is 0 Å². The van der Waals surface area contributed by atoms with Gasteiger partial charge in [-0.05, 0) is 25.2 Å². The lowest BCUT2D eigenvalue weighted by atomic mass is 9.96. The predicted molar refractivity (Wildman–Crippen MR) is 66.9 cm³/mol. The zero-order valence-corrected chi connectivity index (χ0v) is 10.9. The third kappa shape index (κ3) is 3.33. The number of hydrogen-bond donors (Lipinski definition) is 2. The molecule has 1 heterocycles. The van der Waals surface area contributed by atoms with Crippen molar-refractivity contribution in [3.63, 3.8) is 0 Å². The Hall–Kier alpha value is -1.85. The minimum absolute atomic E-state index is 0.0389. The first kappa shape index (κ1) is 13.6. The number of hydrogen-bond acceptors (Lipinski definition) is 4. The second kappa shape index (κ2) is 5.86. The van der Waals surface area contributed by atoms with Crippen LogP contribution >= 0.6 is 0 Å². The van der Waals surface area contributed by atoms with Gasteiger partial charge in [-0.1, -0.05) is 12.1 Å². The molecule has 0 saturated carbocycles. The third-order valence-corrected chi connectivity index (χ3v) is 3.30. The van der Waals surface area contributed by atoms with Gasteiger partial charge in [-0.2, -0.15) is 0 Å². The van der Waals surface area contributed by atoms with Crippen LogP contribution in [0.2, 0.25) is 0 Å². The first-order valence-corrected chi connectivity index (χ1v) is 6.55. The lowest BCUT2D eigenvalue weighted by molar-refractivity contribution is -0.137. The Labute approximate surface area is 111 Å². The van der Waals surface area contributed by atoms with Crippen LogP contribution in [-0.4, -0.2) is 28.7 Å². The molecular weight excluding hydrogens is 248 g/mol. The van der Waals surface area contributed by atoms with Crippen molar-refractivity contribution in [3.05, 3.63) is 17.0 Å². The van der Waals surface area contributed by atoms with E-state index >= 15 is 0 Å². The van der Waals surface area contributed by atoms with Crippen LogP contribution in [-0.2, 0) is 17.6 Å². The van der Waals surface area contributed by atoms with E-state index in [-0.39, 0.29) is 18.2 Å². The van der Waals surface area contributed by atoms with Crippen LogP contribution in [0.5, 0.6) is 0 Å². The van der Waals surface area contributed by atoms with E-state index in [4.69, 9.17) is 9.63 Å². The third-order valence-electron chi connectivity index (χ3n) is 3.30. The van der Waals surface area contributed by atoms with Gasteiger partial charge in [0, 0.05) is 24.9 Å². The number of carboxylic acids is 1. The summed E-state index contributed by atoms with van der Waals surface area (Å²) in [7, 11) is 0. The maximum absolute atomic E-state index is 12.0. The van der Waals surface area contributed by atoms with Gasteiger partial charge < -0.3 is 14.9 Å². The highest BCUT2D eigenvalue weighted by molar-refractivity contribution is 5.93. The number of fused-ring (bicyclic) bond motifs is 1. The van der Waals surface area contributed by atoms with Crippen molar-refractivity contribution in [1.29, 1.82) is 0 Å². The van der Waals surface area contributed by atoms with Gasteiger partial charge in [0.2, 0.25) is 0 Å². The van der Waals surface area contributed by atoms with Gasteiger partial charge in [-0.3, -0.25) is 9.59 Å². The maximum atomic E-state index is 12.0. The van der Waals surface area contributed by atoms with E-state index in [1.54, 1.807) is 6.92 Å². The van der Waals surface area contributed by atoms with Crippen LogP contribution in [0, 0.1) is 5.92 Å². The molecular formula is C13H18N2O4. The fourth-order valence-corrected chi connectivity index (χ4v) is 2.28. The van der Waals surface area contributed by atoms with E-state index in [9.17, 15) is 9.59 Å². The zero-order chi connectivity index (χ0) is 13.8. The molecule has 0 bridgehead atoms. The topological polar surface area (TPSA) is 92.4 Å². The Kier molecular flexibility index (Phi) is 4.19. The van der Waals surface area contributed by atoms with Crippen molar-refractivity contribution >= 4 is 11.9 Å². The number of aryl methyl sites for hydroxylation is 1. The summed E-state index contributed by atoms with van der Waals surface area (Å²) >= 11 is 0. The predicted octanol–water partition coefficient (Wildman–Crippen LogP) is 1.39. The van der Waals surface area contributed by atoms with E-state index in [2.05, 4.69) is 10.5 Å². The van der Waals surface area contributed by atoms with E-state index in [0.29, 0.717) is 12.2 Å². The quantitative estimate of drug-likeness (QED) is 0.840. The first-order valence-electron chi connectivity index (χ1n) is 6.55. The van der Waals surface area contributed by atoms with Crippen molar-refractivity contribution in [2.75, 3.05) is 6.54 Å². The number of rotatable bonds is 5. The Bertz CT molecular complexity index is 481. The van der Waals surface area contributed by atoms with Crippen LogP contribution in [0.15, 0.2) is 4.52 Å². The summed E-state index contributed by atoms with van der Waals surface area (Å²) in [5.74, 6) is -0.427. The highest BCUT2D eigenvalue weighted by atomic mass is 16.5. The lowest BCUT2D eigenvalue weighted by Gasteiger charge is -2.11. The Morgan fingerprint density at radius 1 is 1.42 bits per heavy atom. The van der Waals surface area contributed by atoms with Gasteiger partial charge in [0.25, 0.3) is 5.91 Å².